The van der Waals surface area contributed by atoms with Gasteiger partial charge in [0.05, 0.1) is 11.1 Å². The van der Waals surface area contributed by atoms with Gasteiger partial charge in [0.25, 0.3) is 5.91 Å². The summed E-state index contributed by atoms with van der Waals surface area (Å²) in [5.74, 6) is -0.0520. The van der Waals surface area contributed by atoms with Crippen LogP contribution in [0.25, 0.3) is 10.9 Å². The number of likely N-dealkylation sites (tertiary alicyclic amines) is 1. The molecule has 1 fully saturated rings. The number of para-hydroxylation sites is 1. The fourth-order valence-corrected chi connectivity index (χ4v) is 5.50. The van der Waals surface area contributed by atoms with Gasteiger partial charge < -0.3 is 5.32 Å². The van der Waals surface area contributed by atoms with Crippen LogP contribution in [0, 0.1) is 0 Å². The monoisotopic (exact) mass is 453 g/mol. The molecular formula is C25H28ClN3OS. The number of pyridine rings is 1. The largest absolute Gasteiger partial charge is 0.351 e. The molecule has 4 rings (SSSR count). The Kier molecular flexibility index (Phi) is 7.16. The lowest BCUT2D eigenvalue weighted by atomic mass is 9.98. The molecule has 1 saturated heterocycles. The van der Waals surface area contributed by atoms with Gasteiger partial charge in [0.2, 0.25) is 0 Å². The van der Waals surface area contributed by atoms with Gasteiger partial charge >= 0.3 is 0 Å². The molecule has 1 aliphatic heterocycles. The molecule has 0 bridgehead atoms. The van der Waals surface area contributed by atoms with Crippen LogP contribution < -0.4 is 5.32 Å². The third-order valence-electron chi connectivity index (χ3n) is 5.99. The van der Waals surface area contributed by atoms with E-state index in [9.17, 15) is 4.79 Å². The lowest BCUT2D eigenvalue weighted by Crippen LogP contribution is -2.47. The predicted octanol–water partition coefficient (Wildman–Crippen LogP) is 6.03. The molecule has 2 atom stereocenters. The molecule has 0 spiro atoms. The van der Waals surface area contributed by atoms with Gasteiger partial charge in [-0.1, -0.05) is 54.0 Å². The summed E-state index contributed by atoms with van der Waals surface area (Å²) in [4.78, 5) is 21.4. The van der Waals surface area contributed by atoms with Crippen LogP contribution in [-0.2, 0) is 0 Å². The second kappa shape index (κ2) is 10.0. The summed E-state index contributed by atoms with van der Waals surface area (Å²) in [5, 5.41) is 5.48. The standard InChI is InChI=1S/C25H28ClN3OS/c1-17-7-5-8-18(2)29(17)14-13-27-25(30)22-16-24(28-23-12-4-3-11-21(22)23)31-20-10-6-9-19(26)15-20/h3-4,6,9-12,15-18H,5,7-8,13-14H2,1-2H3,(H,27,30). The van der Waals surface area contributed by atoms with Crippen molar-refractivity contribution in [1.29, 1.82) is 0 Å². The average molecular weight is 454 g/mol. The van der Waals surface area contributed by atoms with Crippen molar-refractivity contribution in [2.75, 3.05) is 13.1 Å². The molecule has 31 heavy (non-hydrogen) atoms. The summed E-state index contributed by atoms with van der Waals surface area (Å²) < 4.78 is 0. The third-order valence-corrected chi connectivity index (χ3v) is 7.13. The first-order valence-corrected chi connectivity index (χ1v) is 12.1. The third kappa shape index (κ3) is 5.40. The minimum atomic E-state index is -0.0520. The summed E-state index contributed by atoms with van der Waals surface area (Å²) >= 11 is 7.64. The Morgan fingerprint density at radius 3 is 2.68 bits per heavy atom. The molecule has 4 nitrogen and oxygen atoms in total. The first-order chi connectivity index (χ1) is 15.0. The Labute approximate surface area is 193 Å². The average Bonchev–Trinajstić information content (AvgIpc) is 2.75. The summed E-state index contributed by atoms with van der Waals surface area (Å²) in [6.07, 6.45) is 3.76. The SMILES string of the molecule is CC1CCCC(C)N1CCNC(=O)c1cc(Sc2cccc(Cl)c2)nc2ccccc12. The number of nitrogens with zero attached hydrogens (tertiary/aromatic N) is 2. The molecule has 2 unspecified atom stereocenters. The number of benzene rings is 2. The van der Waals surface area contributed by atoms with E-state index in [1.165, 1.54) is 31.0 Å². The lowest BCUT2D eigenvalue weighted by molar-refractivity contribution is 0.0890. The minimum absolute atomic E-state index is 0.0520. The first-order valence-electron chi connectivity index (χ1n) is 10.9. The van der Waals surface area contributed by atoms with E-state index in [1.54, 1.807) is 0 Å². The number of hydrogen-bond acceptors (Lipinski definition) is 4. The van der Waals surface area contributed by atoms with Gasteiger partial charge in [0, 0.05) is 40.5 Å². The van der Waals surface area contributed by atoms with Gasteiger partial charge in [0.15, 0.2) is 0 Å². The predicted molar refractivity (Wildman–Crippen MR) is 129 cm³/mol. The molecule has 3 aromatic rings. The van der Waals surface area contributed by atoms with Crippen LogP contribution in [0.4, 0.5) is 0 Å². The number of carbonyl (C=O) groups excluding carboxylic acids is 1. The zero-order valence-corrected chi connectivity index (χ0v) is 19.5. The van der Waals surface area contributed by atoms with Crippen molar-refractivity contribution >= 4 is 40.2 Å². The quantitative estimate of drug-likeness (QED) is 0.494. The summed E-state index contributed by atoms with van der Waals surface area (Å²) in [6.45, 7) is 6.09. The Morgan fingerprint density at radius 2 is 1.90 bits per heavy atom. The molecule has 162 valence electrons. The van der Waals surface area contributed by atoms with Crippen LogP contribution in [0.3, 0.4) is 0 Å². The lowest BCUT2D eigenvalue weighted by Gasteiger charge is -2.39. The second-order valence-corrected chi connectivity index (χ2v) is 9.74. The van der Waals surface area contributed by atoms with Gasteiger partial charge in [-0.05, 0) is 57.0 Å². The molecular weight excluding hydrogens is 426 g/mol. The number of rotatable bonds is 6. The Bertz CT molecular complexity index is 1060. The van der Waals surface area contributed by atoms with Crippen LogP contribution in [0.2, 0.25) is 5.02 Å². The fraction of sp³-hybridized carbons (Fsp3) is 0.360. The molecule has 1 aromatic heterocycles. The van der Waals surface area contributed by atoms with E-state index >= 15 is 0 Å². The van der Waals surface area contributed by atoms with Gasteiger partial charge in [-0.25, -0.2) is 4.98 Å². The van der Waals surface area contributed by atoms with Crippen molar-refractivity contribution in [1.82, 2.24) is 15.2 Å². The van der Waals surface area contributed by atoms with Crippen molar-refractivity contribution in [3.63, 3.8) is 0 Å². The topological polar surface area (TPSA) is 45.2 Å². The van der Waals surface area contributed by atoms with E-state index in [1.807, 2.05) is 54.6 Å². The van der Waals surface area contributed by atoms with E-state index in [0.29, 0.717) is 29.2 Å². The smallest absolute Gasteiger partial charge is 0.252 e. The van der Waals surface area contributed by atoms with Crippen molar-refractivity contribution < 1.29 is 4.79 Å². The van der Waals surface area contributed by atoms with Crippen LogP contribution in [0.5, 0.6) is 0 Å². The highest BCUT2D eigenvalue weighted by Gasteiger charge is 2.24. The minimum Gasteiger partial charge on any atom is -0.351 e. The van der Waals surface area contributed by atoms with E-state index in [4.69, 9.17) is 16.6 Å². The highest BCUT2D eigenvalue weighted by molar-refractivity contribution is 7.99. The highest BCUT2D eigenvalue weighted by atomic mass is 35.5. The van der Waals surface area contributed by atoms with Crippen LogP contribution >= 0.6 is 23.4 Å². The van der Waals surface area contributed by atoms with Crippen molar-refractivity contribution in [3.05, 3.63) is 65.2 Å². The van der Waals surface area contributed by atoms with Gasteiger partial charge in [-0.15, -0.1) is 0 Å². The van der Waals surface area contributed by atoms with Gasteiger partial charge in [0.1, 0.15) is 5.03 Å². The zero-order valence-electron chi connectivity index (χ0n) is 18.0. The van der Waals surface area contributed by atoms with Crippen molar-refractivity contribution in [2.45, 2.75) is 55.1 Å². The molecule has 6 heteroatoms. The summed E-state index contributed by atoms with van der Waals surface area (Å²) in [6, 6.07) is 18.5. The molecule has 1 N–H and O–H groups in total. The van der Waals surface area contributed by atoms with Crippen molar-refractivity contribution in [2.24, 2.45) is 0 Å². The van der Waals surface area contributed by atoms with Crippen LogP contribution in [0.1, 0.15) is 43.5 Å². The number of hydrogen-bond donors (Lipinski definition) is 1. The number of nitrogens with one attached hydrogen (secondary N) is 1. The number of halogens is 1. The molecule has 2 heterocycles. The molecule has 1 aliphatic rings. The zero-order chi connectivity index (χ0) is 21.8. The Balaban J connectivity index is 1.52. The molecule has 2 aromatic carbocycles. The maximum atomic E-state index is 13.1. The van der Waals surface area contributed by atoms with Crippen LogP contribution in [-0.4, -0.2) is 41.0 Å². The van der Waals surface area contributed by atoms with E-state index in [-0.39, 0.29) is 5.91 Å². The second-order valence-electron chi connectivity index (χ2n) is 8.21. The normalized spacial score (nSPS) is 19.5. The Hall–Kier alpha value is -2.08. The number of carbonyl (C=O) groups is 1. The number of fused-ring (bicyclic) bond motifs is 1. The Morgan fingerprint density at radius 1 is 1.13 bits per heavy atom. The van der Waals surface area contributed by atoms with E-state index < -0.39 is 0 Å². The molecule has 0 aliphatic carbocycles. The number of piperidine rings is 1. The highest BCUT2D eigenvalue weighted by Crippen LogP contribution is 2.31. The maximum absolute atomic E-state index is 13.1. The van der Waals surface area contributed by atoms with Crippen LogP contribution in [0.15, 0.2) is 64.5 Å². The van der Waals surface area contributed by atoms with Gasteiger partial charge in [-0.3, -0.25) is 9.69 Å². The molecule has 0 saturated carbocycles. The maximum Gasteiger partial charge on any atom is 0.252 e. The van der Waals surface area contributed by atoms with Gasteiger partial charge in [-0.2, -0.15) is 0 Å². The summed E-state index contributed by atoms with van der Waals surface area (Å²) in [5.41, 5.74) is 1.48. The van der Waals surface area contributed by atoms with E-state index in [2.05, 4.69) is 24.1 Å². The molecule has 1 amide bonds. The van der Waals surface area contributed by atoms with E-state index in [0.717, 1.165) is 27.4 Å². The first kappa shape index (κ1) is 22.1. The molecule has 0 radical (unpaired) electrons. The summed E-state index contributed by atoms with van der Waals surface area (Å²) in [7, 11) is 0. The number of amides is 1. The van der Waals surface area contributed by atoms with Crippen molar-refractivity contribution in [3.8, 4) is 0 Å². The number of aromatic nitrogens is 1. The fourth-order valence-electron chi connectivity index (χ4n) is 4.35.